The summed E-state index contributed by atoms with van der Waals surface area (Å²) in [5, 5.41) is 2.35. The third-order valence-electron chi connectivity index (χ3n) is 5.65. The molecule has 0 radical (unpaired) electrons. The van der Waals surface area contributed by atoms with Gasteiger partial charge in [0.2, 0.25) is 0 Å². The van der Waals surface area contributed by atoms with Gasteiger partial charge < -0.3 is 4.90 Å². The van der Waals surface area contributed by atoms with Crippen molar-refractivity contribution in [3.05, 3.63) is 63.7 Å². The number of benzene rings is 2. The zero-order valence-corrected chi connectivity index (χ0v) is 19.1. The lowest BCUT2D eigenvalue weighted by atomic mass is 10.1. The Kier molecular flexibility index (Phi) is 5.88. The van der Waals surface area contributed by atoms with Gasteiger partial charge in [0, 0.05) is 24.0 Å². The Morgan fingerprint density at radius 2 is 1.83 bits per heavy atom. The van der Waals surface area contributed by atoms with Crippen molar-refractivity contribution in [2.45, 2.75) is 36.8 Å². The first-order chi connectivity index (χ1) is 14.3. The van der Waals surface area contributed by atoms with E-state index in [0.717, 1.165) is 28.5 Å². The maximum atomic E-state index is 13.3. The lowest BCUT2D eigenvalue weighted by molar-refractivity contribution is 0.529. The number of sulfone groups is 1. The largest absolute Gasteiger partial charge is 0.348 e. The van der Waals surface area contributed by atoms with E-state index >= 15 is 0 Å². The molecule has 3 aromatic rings. The summed E-state index contributed by atoms with van der Waals surface area (Å²) in [4.78, 5) is 6.92. The fraction of sp³-hybridized carbons (Fsp3) is 0.318. The second-order valence-electron chi connectivity index (χ2n) is 7.62. The van der Waals surface area contributed by atoms with Crippen LogP contribution < -0.4 is 4.90 Å². The molecule has 0 amide bonds. The maximum absolute atomic E-state index is 13.3. The van der Waals surface area contributed by atoms with Gasteiger partial charge in [0.1, 0.15) is 5.82 Å². The summed E-state index contributed by atoms with van der Waals surface area (Å²) < 4.78 is 39.2. The van der Waals surface area contributed by atoms with Gasteiger partial charge >= 0.3 is 0 Å². The number of thiazole rings is 1. The Morgan fingerprint density at radius 3 is 2.50 bits per heavy atom. The van der Waals surface area contributed by atoms with Gasteiger partial charge in [-0.15, -0.1) is 11.3 Å². The number of hydrogen-bond donors (Lipinski definition) is 0. The molecule has 1 fully saturated rings. The first-order valence-corrected chi connectivity index (χ1v) is 12.5. The molecule has 1 aliphatic rings. The third kappa shape index (κ3) is 4.11. The number of anilines is 1. The fourth-order valence-corrected chi connectivity index (χ4v) is 6.84. The number of halogens is 2. The first kappa shape index (κ1) is 21.3. The van der Waals surface area contributed by atoms with Crippen molar-refractivity contribution < 1.29 is 12.8 Å². The fourth-order valence-electron chi connectivity index (χ4n) is 3.69. The molecule has 1 aliphatic heterocycles. The van der Waals surface area contributed by atoms with Crippen molar-refractivity contribution in [2.75, 3.05) is 18.0 Å². The number of aryl methyl sites for hydroxylation is 2. The van der Waals surface area contributed by atoms with E-state index in [0.29, 0.717) is 25.9 Å². The zero-order valence-electron chi connectivity index (χ0n) is 16.7. The van der Waals surface area contributed by atoms with Gasteiger partial charge in [-0.3, -0.25) is 0 Å². The first-order valence-electron chi connectivity index (χ1n) is 9.73. The summed E-state index contributed by atoms with van der Waals surface area (Å²) in [6, 6.07) is 9.76. The minimum absolute atomic E-state index is 0.00953. The minimum atomic E-state index is -3.60. The van der Waals surface area contributed by atoms with Crippen molar-refractivity contribution in [3.8, 4) is 11.3 Å². The molecule has 4 rings (SSSR count). The quantitative estimate of drug-likeness (QED) is 0.467. The molecule has 4 nitrogen and oxygen atoms in total. The van der Waals surface area contributed by atoms with Gasteiger partial charge in [-0.25, -0.2) is 17.8 Å². The molecule has 1 aromatic heterocycles. The van der Waals surface area contributed by atoms with Crippen LogP contribution in [0.1, 0.15) is 24.0 Å². The molecular weight excluding hydrogens is 443 g/mol. The summed E-state index contributed by atoms with van der Waals surface area (Å²) in [6.45, 7) is 5.37. The number of rotatable bonds is 4. The molecule has 158 valence electrons. The van der Waals surface area contributed by atoms with Crippen LogP contribution in [0.3, 0.4) is 0 Å². The van der Waals surface area contributed by atoms with Crippen LogP contribution in [-0.2, 0) is 9.84 Å². The second kappa shape index (κ2) is 8.29. The molecule has 0 N–H and O–H groups in total. The van der Waals surface area contributed by atoms with Crippen LogP contribution in [0.5, 0.6) is 0 Å². The summed E-state index contributed by atoms with van der Waals surface area (Å²) >= 11 is 7.57. The van der Waals surface area contributed by atoms with Crippen molar-refractivity contribution in [3.63, 3.8) is 0 Å². The second-order valence-corrected chi connectivity index (χ2v) is 11.1. The van der Waals surface area contributed by atoms with E-state index in [2.05, 4.69) is 36.9 Å². The van der Waals surface area contributed by atoms with Crippen LogP contribution in [0.2, 0.25) is 5.02 Å². The average Bonchev–Trinajstić information content (AvgIpc) is 3.20. The van der Waals surface area contributed by atoms with Crippen LogP contribution in [0.15, 0.2) is 46.7 Å². The normalized spacial score (nSPS) is 15.5. The van der Waals surface area contributed by atoms with E-state index in [1.165, 1.54) is 17.2 Å². The standard InChI is InChI=1S/C22H22ClFN2O2S2/c1-14-3-4-16(11-15(14)2)20-13-29-22(25-20)26-9-7-18(8-10-26)30(27,28)21-6-5-17(24)12-19(21)23/h3-6,11-13,18H,7-10H2,1-2H3. The summed E-state index contributed by atoms with van der Waals surface area (Å²) in [7, 11) is -3.60. The van der Waals surface area contributed by atoms with Crippen molar-refractivity contribution in [2.24, 2.45) is 0 Å². The third-order valence-corrected chi connectivity index (χ3v) is 9.29. The molecule has 0 saturated carbocycles. The van der Waals surface area contributed by atoms with Gasteiger partial charge in [0.05, 0.1) is 20.9 Å². The molecular formula is C22H22ClFN2O2S2. The van der Waals surface area contributed by atoms with Crippen molar-refractivity contribution in [1.82, 2.24) is 4.98 Å². The molecule has 0 bridgehead atoms. The van der Waals surface area contributed by atoms with Crippen molar-refractivity contribution in [1.29, 1.82) is 0 Å². The molecule has 8 heteroatoms. The van der Waals surface area contributed by atoms with Crippen LogP contribution >= 0.6 is 22.9 Å². The van der Waals surface area contributed by atoms with E-state index in [1.54, 1.807) is 11.3 Å². The SMILES string of the molecule is Cc1ccc(-c2csc(N3CCC(S(=O)(=O)c4ccc(F)cc4Cl)CC3)n2)cc1C. The van der Waals surface area contributed by atoms with Gasteiger partial charge in [-0.2, -0.15) is 0 Å². The molecule has 2 aromatic carbocycles. The highest BCUT2D eigenvalue weighted by molar-refractivity contribution is 7.92. The monoisotopic (exact) mass is 464 g/mol. The highest BCUT2D eigenvalue weighted by atomic mass is 35.5. The lowest BCUT2D eigenvalue weighted by Gasteiger charge is -2.31. The van der Waals surface area contributed by atoms with Crippen LogP contribution in [0.25, 0.3) is 11.3 Å². The highest BCUT2D eigenvalue weighted by Crippen LogP contribution is 2.33. The van der Waals surface area contributed by atoms with E-state index in [1.807, 2.05) is 5.38 Å². The molecule has 0 atom stereocenters. The Labute approximate surface area is 185 Å². The molecule has 1 saturated heterocycles. The molecule has 2 heterocycles. The van der Waals surface area contributed by atoms with Gasteiger partial charge in [0.25, 0.3) is 0 Å². The van der Waals surface area contributed by atoms with E-state index < -0.39 is 20.9 Å². The number of aromatic nitrogens is 1. The smallest absolute Gasteiger partial charge is 0.185 e. The predicted molar refractivity (Wildman–Crippen MR) is 121 cm³/mol. The van der Waals surface area contributed by atoms with E-state index in [4.69, 9.17) is 16.6 Å². The van der Waals surface area contributed by atoms with E-state index in [-0.39, 0.29) is 9.92 Å². The molecule has 0 spiro atoms. The van der Waals surface area contributed by atoms with Crippen molar-refractivity contribution >= 4 is 37.9 Å². The average molecular weight is 465 g/mol. The Hall–Kier alpha value is -1.96. The maximum Gasteiger partial charge on any atom is 0.185 e. The molecule has 30 heavy (non-hydrogen) atoms. The van der Waals surface area contributed by atoms with E-state index in [9.17, 15) is 12.8 Å². The molecule has 0 aliphatic carbocycles. The van der Waals surface area contributed by atoms with Gasteiger partial charge in [-0.1, -0.05) is 23.7 Å². The van der Waals surface area contributed by atoms with Crippen LogP contribution in [-0.4, -0.2) is 31.7 Å². The van der Waals surface area contributed by atoms with Crippen LogP contribution in [0, 0.1) is 19.7 Å². The molecule has 0 unspecified atom stereocenters. The Balaban J connectivity index is 1.47. The number of hydrogen-bond acceptors (Lipinski definition) is 5. The summed E-state index contributed by atoms with van der Waals surface area (Å²) in [5.74, 6) is -0.544. The number of nitrogens with zero attached hydrogens (tertiary/aromatic N) is 2. The van der Waals surface area contributed by atoms with Gasteiger partial charge in [0.15, 0.2) is 15.0 Å². The summed E-state index contributed by atoms with van der Waals surface area (Å²) in [5.41, 5.74) is 4.50. The lowest BCUT2D eigenvalue weighted by Crippen LogP contribution is -2.39. The minimum Gasteiger partial charge on any atom is -0.348 e. The predicted octanol–water partition coefficient (Wildman–Crippen LogP) is 5.66. The van der Waals surface area contributed by atoms with Gasteiger partial charge in [-0.05, 0) is 62.1 Å². The zero-order chi connectivity index (χ0) is 21.5. The topological polar surface area (TPSA) is 50.3 Å². The Morgan fingerprint density at radius 1 is 1.10 bits per heavy atom. The number of piperidine rings is 1. The Bertz CT molecular complexity index is 1190. The van der Waals surface area contributed by atoms with Crippen LogP contribution in [0.4, 0.5) is 9.52 Å². The highest BCUT2D eigenvalue weighted by Gasteiger charge is 2.33. The summed E-state index contributed by atoms with van der Waals surface area (Å²) in [6.07, 6.45) is 0.961.